The van der Waals surface area contributed by atoms with E-state index in [-0.39, 0.29) is 5.97 Å². The molecular formula is C19H20O5. The number of carbonyl (C=O) groups excluding carboxylic acids is 1. The lowest BCUT2D eigenvalue weighted by molar-refractivity contribution is -0.156. The Morgan fingerprint density at radius 3 is 2.79 bits per heavy atom. The third kappa shape index (κ3) is 2.94. The Bertz CT molecular complexity index is 888. The lowest BCUT2D eigenvalue weighted by Crippen LogP contribution is -2.48. The number of esters is 1. The number of benzene rings is 1. The van der Waals surface area contributed by atoms with Crippen LogP contribution in [0.5, 0.6) is 5.75 Å². The molecule has 1 aliphatic heterocycles. The molecule has 0 amide bonds. The molecule has 2 heterocycles. The fourth-order valence-electron chi connectivity index (χ4n) is 2.72. The van der Waals surface area contributed by atoms with E-state index in [1.54, 1.807) is 32.1 Å². The van der Waals surface area contributed by atoms with Crippen molar-refractivity contribution in [2.24, 2.45) is 0 Å². The lowest BCUT2D eigenvalue weighted by atomic mass is 9.90. The van der Waals surface area contributed by atoms with E-state index in [1.807, 2.05) is 19.9 Å². The van der Waals surface area contributed by atoms with Gasteiger partial charge in [0.25, 0.3) is 0 Å². The van der Waals surface area contributed by atoms with E-state index in [2.05, 4.69) is 0 Å². The van der Waals surface area contributed by atoms with E-state index in [4.69, 9.17) is 13.9 Å². The molecule has 1 aromatic heterocycles. The molecule has 1 atom stereocenters. The van der Waals surface area contributed by atoms with Crippen molar-refractivity contribution in [3.63, 3.8) is 0 Å². The maximum Gasteiger partial charge on any atom is 0.336 e. The molecule has 0 radical (unpaired) electrons. The monoisotopic (exact) mass is 328 g/mol. The van der Waals surface area contributed by atoms with Crippen LogP contribution in [0.25, 0.3) is 11.0 Å². The van der Waals surface area contributed by atoms with Crippen LogP contribution in [0, 0.1) is 0 Å². The average Bonchev–Trinajstić information content (AvgIpc) is 2.52. The van der Waals surface area contributed by atoms with Crippen molar-refractivity contribution in [3.8, 4) is 5.75 Å². The van der Waals surface area contributed by atoms with Crippen LogP contribution in [-0.4, -0.2) is 17.7 Å². The van der Waals surface area contributed by atoms with E-state index in [1.165, 1.54) is 6.07 Å². The molecule has 0 aliphatic carbocycles. The van der Waals surface area contributed by atoms with E-state index in [0.717, 1.165) is 10.9 Å². The summed E-state index contributed by atoms with van der Waals surface area (Å²) in [6.07, 6.45) is 1.86. The number of fused-ring (bicyclic) bond motifs is 2. The summed E-state index contributed by atoms with van der Waals surface area (Å²) in [4.78, 5) is 23.5. The summed E-state index contributed by atoms with van der Waals surface area (Å²) in [5.41, 5.74) is 0.895. The van der Waals surface area contributed by atoms with Crippen LogP contribution in [-0.2, 0) is 16.0 Å². The average molecular weight is 328 g/mol. The highest BCUT2D eigenvalue weighted by Gasteiger charge is 2.40. The van der Waals surface area contributed by atoms with E-state index in [0.29, 0.717) is 23.3 Å². The van der Waals surface area contributed by atoms with Gasteiger partial charge in [-0.25, -0.2) is 9.59 Å². The van der Waals surface area contributed by atoms with Crippen LogP contribution in [0.3, 0.4) is 0 Å². The highest BCUT2D eigenvalue weighted by Crippen LogP contribution is 2.37. The van der Waals surface area contributed by atoms with Crippen molar-refractivity contribution >= 4 is 16.9 Å². The molecule has 1 unspecified atom stereocenters. The first-order valence-corrected chi connectivity index (χ1v) is 7.90. The standard InChI is InChI=1S/C19H20O5/c1-5-11(2)18(21)23-16-9-13-8-12-6-7-17(20)22-14(12)10-15(13)24-19(16,3)4/h5-8,10,16H,9H2,1-4H3/b11-5+. The minimum atomic E-state index is -0.681. The predicted octanol–water partition coefficient (Wildman–Crippen LogP) is 3.38. The first-order valence-electron chi connectivity index (χ1n) is 7.90. The van der Waals surface area contributed by atoms with Crippen LogP contribution in [0.2, 0.25) is 0 Å². The molecular weight excluding hydrogens is 308 g/mol. The molecule has 0 N–H and O–H groups in total. The number of rotatable bonds is 2. The summed E-state index contributed by atoms with van der Waals surface area (Å²) in [5, 5.41) is 0.811. The smallest absolute Gasteiger partial charge is 0.336 e. The molecule has 0 saturated heterocycles. The van der Waals surface area contributed by atoms with Gasteiger partial charge in [0.05, 0.1) is 0 Å². The van der Waals surface area contributed by atoms with Gasteiger partial charge in [0, 0.05) is 29.5 Å². The minimum absolute atomic E-state index is 0.339. The number of hydrogen-bond acceptors (Lipinski definition) is 5. The Morgan fingerprint density at radius 1 is 1.33 bits per heavy atom. The molecule has 1 aliphatic rings. The summed E-state index contributed by atoms with van der Waals surface area (Å²) in [6.45, 7) is 7.28. The fourth-order valence-corrected chi connectivity index (χ4v) is 2.72. The molecule has 2 aromatic rings. The Morgan fingerprint density at radius 2 is 2.08 bits per heavy atom. The Balaban J connectivity index is 1.97. The van der Waals surface area contributed by atoms with Gasteiger partial charge in [-0.05, 0) is 45.4 Å². The number of hydrogen-bond donors (Lipinski definition) is 0. The zero-order chi connectivity index (χ0) is 17.5. The number of ether oxygens (including phenoxy) is 2. The van der Waals surface area contributed by atoms with Crippen LogP contribution < -0.4 is 10.4 Å². The topological polar surface area (TPSA) is 65.7 Å². The maximum absolute atomic E-state index is 12.1. The molecule has 5 heteroatoms. The third-order valence-electron chi connectivity index (χ3n) is 4.36. The van der Waals surface area contributed by atoms with Crippen LogP contribution in [0.4, 0.5) is 0 Å². The SMILES string of the molecule is C/C=C(\C)C(=O)OC1Cc2cc3ccc(=O)oc3cc2OC1(C)C. The van der Waals surface area contributed by atoms with Crippen molar-refractivity contribution in [2.75, 3.05) is 0 Å². The van der Waals surface area contributed by atoms with Gasteiger partial charge in [-0.1, -0.05) is 6.08 Å². The zero-order valence-electron chi connectivity index (χ0n) is 14.2. The van der Waals surface area contributed by atoms with E-state index < -0.39 is 17.3 Å². The van der Waals surface area contributed by atoms with Gasteiger partial charge in [-0.15, -0.1) is 0 Å². The summed E-state index contributed by atoms with van der Waals surface area (Å²) in [7, 11) is 0. The first-order chi connectivity index (χ1) is 11.3. The second kappa shape index (κ2) is 5.82. The second-order valence-electron chi connectivity index (χ2n) is 6.53. The van der Waals surface area contributed by atoms with Crippen molar-refractivity contribution < 1.29 is 18.7 Å². The van der Waals surface area contributed by atoms with Crippen LogP contribution in [0.1, 0.15) is 33.3 Å². The zero-order valence-corrected chi connectivity index (χ0v) is 14.2. The molecule has 3 rings (SSSR count). The number of allylic oxidation sites excluding steroid dienone is 1. The van der Waals surface area contributed by atoms with Crippen LogP contribution in [0.15, 0.2) is 45.1 Å². The first kappa shape index (κ1) is 16.3. The van der Waals surface area contributed by atoms with Gasteiger partial charge >= 0.3 is 11.6 Å². The number of carbonyl (C=O) groups is 1. The quantitative estimate of drug-likeness (QED) is 0.480. The molecule has 0 saturated carbocycles. The van der Waals surface area contributed by atoms with Crippen molar-refractivity contribution in [2.45, 2.75) is 45.8 Å². The summed E-state index contributed by atoms with van der Waals surface area (Å²) in [5.74, 6) is 0.311. The van der Waals surface area contributed by atoms with Gasteiger partial charge in [-0.3, -0.25) is 0 Å². The molecule has 0 fully saturated rings. The van der Waals surface area contributed by atoms with Gasteiger partial charge in [0.1, 0.15) is 23.0 Å². The van der Waals surface area contributed by atoms with Crippen molar-refractivity contribution in [1.82, 2.24) is 0 Å². The highest BCUT2D eigenvalue weighted by molar-refractivity contribution is 5.88. The Labute approximate surface area is 139 Å². The fraction of sp³-hybridized carbons (Fsp3) is 0.368. The van der Waals surface area contributed by atoms with Gasteiger partial charge in [0.15, 0.2) is 0 Å². The summed E-state index contributed by atoms with van der Waals surface area (Å²) >= 11 is 0. The largest absolute Gasteiger partial charge is 0.484 e. The summed E-state index contributed by atoms with van der Waals surface area (Å²) < 4.78 is 16.9. The van der Waals surface area contributed by atoms with Crippen molar-refractivity contribution in [3.05, 3.63) is 51.9 Å². The molecule has 1 aromatic carbocycles. The van der Waals surface area contributed by atoms with Gasteiger partial charge < -0.3 is 13.9 Å². The Kier molecular flexibility index (Phi) is 3.95. The highest BCUT2D eigenvalue weighted by atomic mass is 16.6. The normalized spacial score (nSPS) is 19.5. The second-order valence-corrected chi connectivity index (χ2v) is 6.53. The van der Waals surface area contributed by atoms with Crippen molar-refractivity contribution in [1.29, 1.82) is 0 Å². The molecule has 0 spiro atoms. The maximum atomic E-state index is 12.1. The minimum Gasteiger partial charge on any atom is -0.484 e. The molecule has 24 heavy (non-hydrogen) atoms. The van der Waals surface area contributed by atoms with Crippen LogP contribution >= 0.6 is 0 Å². The lowest BCUT2D eigenvalue weighted by Gasteiger charge is -2.39. The van der Waals surface area contributed by atoms with E-state index in [9.17, 15) is 9.59 Å². The van der Waals surface area contributed by atoms with E-state index >= 15 is 0 Å². The summed E-state index contributed by atoms with van der Waals surface area (Å²) in [6, 6.07) is 6.73. The molecule has 0 bridgehead atoms. The predicted molar refractivity (Wildman–Crippen MR) is 90.2 cm³/mol. The van der Waals surface area contributed by atoms with Gasteiger partial charge in [-0.2, -0.15) is 0 Å². The third-order valence-corrected chi connectivity index (χ3v) is 4.36. The van der Waals surface area contributed by atoms with Gasteiger partial charge in [0.2, 0.25) is 0 Å². The molecule has 126 valence electrons. The Hall–Kier alpha value is -2.56. The molecule has 5 nitrogen and oxygen atoms in total.